The van der Waals surface area contributed by atoms with Gasteiger partial charge < -0.3 is 17.1 Å². The summed E-state index contributed by atoms with van der Waals surface area (Å²) in [5.74, 6) is 2.05. The first-order valence-corrected chi connectivity index (χ1v) is 1.30. The van der Waals surface area contributed by atoms with Crippen LogP contribution in [0.2, 0.25) is 0 Å². The van der Waals surface area contributed by atoms with Gasteiger partial charge in [0.15, 0.2) is 0 Å². The molecule has 2 heteroatoms. The Morgan fingerprint density at radius 2 is 2.33 bits per heavy atom. The topological polar surface area (TPSA) is 9.23 Å². The van der Waals surface area contributed by atoms with Crippen LogP contribution in [0.15, 0.2) is 0 Å². The van der Waals surface area contributed by atoms with Gasteiger partial charge in [-0.1, -0.05) is 0 Å². The zero-order valence-corrected chi connectivity index (χ0v) is 4.12. The zero-order valence-electron chi connectivity index (χ0n) is 4.12. The average molecular weight is 76.0 g/mol. The third-order valence-electron chi connectivity index (χ3n) is 0.217. The van der Waals surface area contributed by atoms with Gasteiger partial charge in [-0.15, -0.1) is 0 Å². The minimum Gasteiger partial charge on any atom is -0.691 e. The Bertz CT molecular complexity index is 46.0. The van der Waals surface area contributed by atoms with E-state index in [1.54, 1.807) is 0 Å². The fourth-order valence-corrected chi connectivity index (χ4v) is 0.0722. The van der Waals surface area contributed by atoms with Crippen LogP contribution in [0.4, 0.5) is 0 Å². The van der Waals surface area contributed by atoms with Crippen molar-refractivity contribution in [3.05, 3.63) is 6.42 Å². The van der Waals surface area contributed by atoms with Crippen LogP contribution < -0.4 is 18.9 Å². The fraction of sp³-hybridized carbons (Fsp3) is 0.500. The van der Waals surface area contributed by atoms with E-state index in [1.165, 1.54) is 7.11 Å². The molecule has 0 fully saturated rings. The molecule has 0 aromatic carbocycles. The van der Waals surface area contributed by atoms with Crippen LogP contribution in [0.5, 0.6) is 0 Å². The van der Waals surface area contributed by atoms with E-state index in [1.807, 2.05) is 5.92 Å². The summed E-state index contributed by atoms with van der Waals surface area (Å²) < 4.78 is 4.39. The maximum atomic E-state index is 6.23. The molecule has 0 aliphatic carbocycles. The molecule has 0 aliphatic heterocycles. The Morgan fingerprint density at radius 1 is 1.83 bits per heavy atom. The smallest absolute Gasteiger partial charge is 0.691 e. The molecule has 0 heterocycles. The predicted octanol–water partition coefficient (Wildman–Crippen LogP) is -2.77. The van der Waals surface area contributed by atoms with Gasteiger partial charge >= 0.3 is 18.9 Å². The molecule has 6 heavy (non-hydrogen) atoms. The van der Waals surface area contributed by atoms with Gasteiger partial charge in [0, 0.05) is 7.11 Å². The number of hydrogen-bond acceptors (Lipinski definition) is 1. The maximum absolute atomic E-state index is 6.23. The van der Waals surface area contributed by atoms with Gasteiger partial charge in [0.2, 0.25) is 0 Å². The van der Waals surface area contributed by atoms with Crippen molar-refractivity contribution in [1.82, 2.24) is 0 Å². The second-order valence-corrected chi connectivity index (χ2v) is 0.610. The number of rotatable bonds is 1. The maximum Gasteiger partial charge on any atom is 1.00 e. The molecule has 0 aromatic heterocycles. The number of hydrogen-bond donors (Lipinski definition) is 0. The standard InChI is InChI=1S/C4H5O.Li/c1-3-4-5-2;/h4H2,2H3;/q-1;+1. The number of ether oxygens (including phenoxy) is 1. The first-order valence-electron chi connectivity index (χ1n) is 1.30. The Hall–Kier alpha value is 0.117. The van der Waals surface area contributed by atoms with E-state index in [0.29, 0.717) is 6.61 Å². The van der Waals surface area contributed by atoms with E-state index in [9.17, 15) is 0 Å². The van der Waals surface area contributed by atoms with E-state index in [2.05, 4.69) is 4.74 Å². The fourth-order valence-electron chi connectivity index (χ4n) is 0.0722. The summed E-state index contributed by atoms with van der Waals surface area (Å²) in [7, 11) is 1.53. The molecule has 0 bridgehead atoms. The van der Waals surface area contributed by atoms with Crippen molar-refractivity contribution in [2.45, 2.75) is 0 Å². The molecule has 0 atom stereocenters. The van der Waals surface area contributed by atoms with Crippen LogP contribution >= 0.6 is 0 Å². The molecule has 0 aliphatic rings. The summed E-state index contributed by atoms with van der Waals surface area (Å²) in [5.41, 5.74) is 0. The van der Waals surface area contributed by atoms with Gasteiger partial charge in [0.05, 0.1) is 6.61 Å². The molecule has 0 amide bonds. The predicted molar refractivity (Wildman–Crippen MR) is 19.0 cm³/mol. The molecular weight excluding hydrogens is 71.0 g/mol. The minimum absolute atomic E-state index is 0. The Balaban J connectivity index is 0. The third kappa shape index (κ3) is 8.92. The Morgan fingerprint density at radius 3 is 2.33 bits per heavy atom. The summed E-state index contributed by atoms with van der Waals surface area (Å²) >= 11 is 0. The molecule has 1 nitrogen and oxygen atoms in total. The first-order chi connectivity index (χ1) is 2.41. The number of methoxy groups -OCH3 is 1. The van der Waals surface area contributed by atoms with E-state index in [0.717, 1.165) is 0 Å². The van der Waals surface area contributed by atoms with Crippen LogP contribution in [-0.2, 0) is 4.74 Å². The largest absolute Gasteiger partial charge is 1.00 e. The Kier molecular flexibility index (Phi) is 14.1. The molecule has 0 saturated carbocycles. The second-order valence-electron chi connectivity index (χ2n) is 0.610. The van der Waals surface area contributed by atoms with Crippen molar-refractivity contribution in [1.29, 1.82) is 0 Å². The Labute approximate surface area is 50.2 Å². The molecule has 0 saturated heterocycles. The molecule has 0 N–H and O–H groups in total. The second kappa shape index (κ2) is 8.93. The van der Waals surface area contributed by atoms with Gasteiger partial charge in [0.25, 0.3) is 0 Å². The monoisotopic (exact) mass is 76.1 g/mol. The first kappa shape index (κ1) is 9.45. The SMILES string of the molecule is [C-]#CCOC.[Li+]. The average Bonchev–Trinajstić information content (AvgIpc) is 1.41. The molecular formula is C4H5LiO. The summed E-state index contributed by atoms with van der Waals surface area (Å²) in [6, 6.07) is 0. The molecule has 0 radical (unpaired) electrons. The van der Waals surface area contributed by atoms with Crippen LogP contribution in [0.1, 0.15) is 0 Å². The van der Waals surface area contributed by atoms with E-state index >= 15 is 0 Å². The molecule has 0 unspecified atom stereocenters. The van der Waals surface area contributed by atoms with E-state index in [4.69, 9.17) is 6.42 Å². The van der Waals surface area contributed by atoms with Crippen molar-refractivity contribution < 1.29 is 23.6 Å². The molecule has 28 valence electrons. The molecule has 0 spiro atoms. The van der Waals surface area contributed by atoms with Crippen molar-refractivity contribution in [2.24, 2.45) is 0 Å². The van der Waals surface area contributed by atoms with E-state index < -0.39 is 0 Å². The van der Waals surface area contributed by atoms with Crippen molar-refractivity contribution >= 4 is 0 Å². The van der Waals surface area contributed by atoms with Gasteiger partial charge in [-0.3, -0.25) is 0 Å². The van der Waals surface area contributed by atoms with E-state index in [-0.39, 0.29) is 18.9 Å². The van der Waals surface area contributed by atoms with Crippen molar-refractivity contribution in [2.75, 3.05) is 13.7 Å². The third-order valence-corrected chi connectivity index (χ3v) is 0.217. The van der Waals surface area contributed by atoms with Crippen LogP contribution in [0, 0.1) is 12.3 Å². The molecule has 0 aromatic rings. The van der Waals surface area contributed by atoms with Crippen LogP contribution in [0.25, 0.3) is 0 Å². The normalized spacial score (nSPS) is 5.33. The zero-order chi connectivity index (χ0) is 4.12. The quantitative estimate of drug-likeness (QED) is 0.186. The van der Waals surface area contributed by atoms with Crippen molar-refractivity contribution in [3.8, 4) is 5.92 Å². The summed E-state index contributed by atoms with van der Waals surface area (Å²) in [5, 5.41) is 0. The summed E-state index contributed by atoms with van der Waals surface area (Å²) in [6.45, 7) is 0.306. The van der Waals surface area contributed by atoms with Crippen molar-refractivity contribution in [3.63, 3.8) is 0 Å². The van der Waals surface area contributed by atoms with Gasteiger partial charge in [-0.25, -0.2) is 0 Å². The summed E-state index contributed by atoms with van der Waals surface area (Å²) in [6.07, 6.45) is 6.23. The van der Waals surface area contributed by atoms with Gasteiger partial charge in [-0.2, -0.15) is 0 Å². The van der Waals surface area contributed by atoms with Gasteiger partial charge in [0.1, 0.15) is 0 Å². The molecule has 0 rings (SSSR count). The van der Waals surface area contributed by atoms with Gasteiger partial charge in [-0.05, 0) is 0 Å². The van der Waals surface area contributed by atoms with Crippen LogP contribution in [-0.4, -0.2) is 13.7 Å². The summed E-state index contributed by atoms with van der Waals surface area (Å²) in [4.78, 5) is 0. The van der Waals surface area contributed by atoms with Crippen LogP contribution in [0.3, 0.4) is 0 Å². The minimum atomic E-state index is 0.